The second kappa shape index (κ2) is 7.81. The van der Waals surface area contributed by atoms with Crippen molar-refractivity contribution >= 4 is 23.2 Å². The maximum absolute atomic E-state index is 11.9. The van der Waals surface area contributed by atoms with Crippen molar-refractivity contribution in [2.75, 3.05) is 13.2 Å². The topological polar surface area (TPSA) is 81.5 Å². The lowest BCUT2D eigenvalue weighted by molar-refractivity contribution is -0.385. The molecule has 0 bridgehead atoms. The Hall–Kier alpha value is -1.66. The van der Waals surface area contributed by atoms with Gasteiger partial charge in [0.05, 0.1) is 11.0 Å². The molecule has 0 saturated heterocycles. The molecule has 1 rings (SSSR count). The van der Waals surface area contributed by atoms with Gasteiger partial charge in [-0.1, -0.05) is 11.6 Å². The van der Waals surface area contributed by atoms with Crippen LogP contribution in [-0.2, 0) is 4.74 Å². The maximum atomic E-state index is 11.9. The molecule has 0 radical (unpaired) electrons. The summed E-state index contributed by atoms with van der Waals surface area (Å²) in [6.45, 7) is 4.78. The zero-order chi connectivity index (χ0) is 15.1. The second-order valence-corrected chi connectivity index (χ2v) is 4.88. The van der Waals surface area contributed by atoms with Crippen LogP contribution in [0.3, 0.4) is 0 Å². The SMILES string of the molecule is CC(C)OCCCNC(=O)c1ccc(Cl)cc1[N+](=O)[O-]. The molecule has 0 aromatic heterocycles. The van der Waals surface area contributed by atoms with Crippen LogP contribution in [0.15, 0.2) is 18.2 Å². The van der Waals surface area contributed by atoms with E-state index in [4.69, 9.17) is 16.3 Å². The molecule has 1 aromatic carbocycles. The van der Waals surface area contributed by atoms with Crippen LogP contribution in [0.1, 0.15) is 30.6 Å². The standard InChI is InChI=1S/C13H17ClN2O4/c1-9(2)20-7-3-6-15-13(17)11-5-4-10(14)8-12(11)16(18)19/h4-5,8-9H,3,6-7H2,1-2H3,(H,15,17). The fraction of sp³-hybridized carbons (Fsp3) is 0.462. The summed E-state index contributed by atoms with van der Waals surface area (Å²) in [5.74, 6) is -0.488. The number of halogens is 1. The number of nitrogens with zero attached hydrogens (tertiary/aromatic N) is 1. The lowest BCUT2D eigenvalue weighted by atomic mass is 10.1. The van der Waals surface area contributed by atoms with Crippen molar-refractivity contribution in [1.29, 1.82) is 0 Å². The highest BCUT2D eigenvalue weighted by atomic mass is 35.5. The van der Waals surface area contributed by atoms with Gasteiger partial charge in [-0.25, -0.2) is 0 Å². The van der Waals surface area contributed by atoms with Gasteiger partial charge in [-0.05, 0) is 32.4 Å². The van der Waals surface area contributed by atoms with Crippen molar-refractivity contribution in [2.45, 2.75) is 26.4 Å². The second-order valence-electron chi connectivity index (χ2n) is 4.45. The van der Waals surface area contributed by atoms with Crippen molar-refractivity contribution in [3.63, 3.8) is 0 Å². The summed E-state index contributed by atoms with van der Waals surface area (Å²) in [6, 6.07) is 3.96. The number of rotatable bonds is 7. The molecule has 1 aromatic rings. The first-order chi connectivity index (χ1) is 9.41. The molecule has 0 atom stereocenters. The Morgan fingerprint density at radius 3 is 2.80 bits per heavy atom. The van der Waals surface area contributed by atoms with Crippen molar-refractivity contribution < 1.29 is 14.5 Å². The van der Waals surface area contributed by atoms with Crippen molar-refractivity contribution in [3.8, 4) is 0 Å². The number of carbonyl (C=O) groups is 1. The normalized spacial score (nSPS) is 10.6. The summed E-state index contributed by atoms with van der Waals surface area (Å²) in [7, 11) is 0. The van der Waals surface area contributed by atoms with Crippen LogP contribution in [0.5, 0.6) is 0 Å². The van der Waals surface area contributed by atoms with Crippen molar-refractivity contribution in [3.05, 3.63) is 38.9 Å². The van der Waals surface area contributed by atoms with E-state index in [9.17, 15) is 14.9 Å². The summed E-state index contributed by atoms with van der Waals surface area (Å²) >= 11 is 5.69. The molecular formula is C13H17ClN2O4. The zero-order valence-corrected chi connectivity index (χ0v) is 12.1. The van der Waals surface area contributed by atoms with E-state index in [-0.39, 0.29) is 22.4 Å². The van der Waals surface area contributed by atoms with Gasteiger partial charge in [-0.2, -0.15) is 0 Å². The zero-order valence-electron chi connectivity index (χ0n) is 11.4. The number of nitro groups is 1. The molecule has 1 N–H and O–H groups in total. The van der Waals surface area contributed by atoms with Crippen LogP contribution in [0.25, 0.3) is 0 Å². The molecule has 0 saturated carbocycles. The summed E-state index contributed by atoms with van der Waals surface area (Å²) in [6.07, 6.45) is 0.786. The van der Waals surface area contributed by atoms with Gasteiger partial charge in [-0.15, -0.1) is 0 Å². The quantitative estimate of drug-likeness (QED) is 0.477. The Labute approximate surface area is 122 Å². The summed E-state index contributed by atoms with van der Waals surface area (Å²) in [4.78, 5) is 22.1. The Morgan fingerprint density at radius 1 is 1.50 bits per heavy atom. The van der Waals surface area contributed by atoms with E-state index in [1.807, 2.05) is 13.8 Å². The minimum Gasteiger partial charge on any atom is -0.379 e. The van der Waals surface area contributed by atoms with E-state index in [0.717, 1.165) is 0 Å². The minimum atomic E-state index is -0.622. The third kappa shape index (κ3) is 5.14. The highest BCUT2D eigenvalue weighted by Gasteiger charge is 2.20. The van der Waals surface area contributed by atoms with Gasteiger partial charge in [0, 0.05) is 24.2 Å². The van der Waals surface area contributed by atoms with Gasteiger partial charge in [0.1, 0.15) is 5.56 Å². The van der Waals surface area contributed by atoms with E-state index in [1.54, 1.807) is 0 Å². The minimum absolute atomic E-state index is 0.00387. The average Bonchev–Trinajstić information content (AvgIpc) is 2.37. The maximum Gasteiger partial charge on any atom is 0.283 e. The molecule has 20 heavy (non-hydrogen) atoms. The Balaban J connectivity index is 2.57. The number of ether oxygens (including phenoxy) is 1. The number of hydrogen-bond acceptors (Lipinski definition) is 4. The van der Waals surface area contributed by atoms with Crippen LogP contribution in [-0.4, -0.2) is 30.1 Å². The number of amides is 1. The van der Waals surface area contributed by atoms with Crippen LogP contribution < -0.4 is 5.32 Å². The van der Waals surface area contributed by atoms with E-state index in [1.165, 1.54) is 18.2 Å². The van der Waals surface area contributed by atoms with E-state index < -0.39 is 10.8 Å². The van der Waals surface area contributed by atoms with Gasteiger partial charge >= 0.3 is 0 Å². The van der Waals surface area contributed by atoms with Crippen LogP contribution in [0.2, 0.25) is 5.02 Å². The third-order valence-electron chi connectivity index (χ3n) is 2.46. The van der Waals surface area contributed by atoms with Crippen molar-refractivity contribution in [1.82, 2.24) is 5.32 Å². The van der Waals surface area contributed by atoms with Gasteiger partial charge in [0.15, 0.2) is 0 Å². The average molecular weight is 301 g/mol. The van der Waals surface area contributed by atoms with E-state index in [2.05, 4.69) is 5.32 Å². The molecule has 1 amide bonds. The lowest BCUT2D eigenvalue weighted by Crippen LogP contribution is -2.26. The molecule has 7 heteroatoms. The molecule has 0 spiro atoms. The van der Waals surface area contributed by atoms with Crippen LogP contribution in [0, 0.1) is 10.1 Å². The van der Waals surface area contributed by atoms with Gasteiger partial charge in [0.2, 0.25) is 0 Å². The highest BCUT2D eigenvalue weighted by molar-refractivity contribution is 6.31. The molecule has 0 unspecified atom stereocenters. The molecule has 110 valence electrons. The van der Waals surface area contributed by atoms with Crippen LogP contribution in [0.4, 0.5) is 5.69 Å². The molecule has 0 heterocycles. The fourth-order valence-corrected chi connectivity index (χ4v) is 1.70. The van der Waals surface area contributed by atoms with Gasteiger partial charge in [-0.3, -0.25) is 14.9 Å². The smallest absolute Gasteiger partial charge is 0.283 e. The van der Waals surface area contributed by atoms with E-state index >= 15 is 0 Å². The van der Waals surface area contributed by atoms with Crippen molar-refractivity contribution in [2.24, 2.45) is 0 Å². The first kappa shape index (κ1) is 16.4. The molecule has 0 aliphatic rings. The van der Waals surface area contributed by atoms with Gasteiger partial charge < -0.3 is 10.1 Å². The fourth-order valence-electron chi connectivity index (χ4n) is 1.54. The third-order valence-corrected chi connectivity index (χ3v) is 2.69. The lowest BCUT2D eigenvalue weighted by Gasteiger charge is -2.08. The highest BCUT2D eigenvalue weighted by Crippen LogP contribution is 2.22. The Kier molecular flexibility index (Phi) is 6.41. The first-order valence-corrected chi connectivity index (χ1v) is 6.63. The summed E-state index contributed by atoms with van der Waals surface area (Å²) < 4.78 is 5.33. The number of benzene rings is 1. The molecule has 6 nitrogen and oxygen atoms in total. The number of nitrogens with one attached hydrogen (secondary N) is 1. The monoisotopic (exact) mass is 300 g/mol. The number of carbonyl (C=O) groups excluding carboxylic acids is 1. The first-order valence-electron chi connectivity index (χ1n) is 6.25. The molecular weight excluding hydrogens is 284 g/mol. The van der Waals surface area contributed by atoms with Gasteiger partial charge in [0.25, 0.3) is 11.6 Å². The van der Waals surface area contributed by atoms with E-state index in [0.29, 0.717) is 19.6 Å². The predicted octanol–water partition coefficient (Wildman–Crippen LogP) is 2.79. The molecule has 0 fully saturated rings. The number of hydrogen-bond donors (Lipinski definition) is 1. The largest absolute Gasteiger partial charge is 0.379 e. The Morgan fingerprint density at radius 2 is 2.20 bits per heavy atom. The Bertz CT molecular complexity index is 491. The summed E-state index contributed by atoms with van der Waals surface area (Å²) in [5.41, 5.74) is -0.294. The summed E-state index contributed by atoms with van der Waals surface area (Å²) in [5, 5.41) is 13.7. The van der Waals surface area contributed by atoms with Crippen LogP contribution >= 0.6 is 11.6 Å². The molecule has 0 aliphatic heterocycles. The predicted molar refractivity (Wildman–Crippen MR) is 76.1 cm³/mol. The molecule has 0 aliphatic carbocycles. The number of nitro benzene ring substituents is 1.